The Balaban J connectivity index is 2.10. The summed E-state index contributed by atoms with van der Waals surface area (Å²) in [6.45, 7) is 5.26. The lowest BCUT2D eigenvalue weighted by molar-refractivity contribution is -0.143. The lowest BCUT2D eigenvalue weighted by atomic mass is 10.2. The Morgan fingerprint density at radius 2 is 1.96 bits per heavy atom. The molecule has 2 aromatic rings. The molecule has 0 fully saturated rings. The molecule has 1 aromatic carbocycles. The molecule has 0 aliphatic carbocycles. The van der Waals surface area contributed by atoms with Crippen LogP contribution in [0.1, 0.15) is 36.3 Å². The van der Waals surface area contributed by atoms with Crippen molar-refractivity contribution in [1.29, 1.82) is 0 Å². The summed E-state index contributed by atoms with van der Waals surface area (Å²) >= 11 is 5.77. The van der Waals surface area contributed by atoms with Crippen molar-refractivity contribution in [2.24, 2.45) is 5.92 Å². The fourth-order valence-electron chi connectivity index (χ4n) is 2.36. The highest BCUT2D eigenvalue weighted by atomic mass is 35.5. The Labute approximate surface area is 160 Å². The first-order chi connectivity index (χ1) is 12.7. The highest BCUT2D eigenvalue weighted by molar-refractivity contribution is 6.30. The molecule has 1 amide bonds. The first-order valence-corrected chi connectivity index (χ1v) is 8.85. The van der Waals surface area contributed by atoms with Crippen molar-refractivity contribution < 1.29 is 22.7 Å². The van der Waals surface area contributed by atoms with Crippen LogP contribution in [0.15, 0.2) is 30.5 Å². The van der Waals surface area contributed by atoms with E-state index in [0.717, 1.165) is 6.20 Å². The molecule has 0 aliphatic heterocycles. The number of amides is 1. The Kier molecular flexibility index (Phi) is 7.26. The quantitative estimate of drug-likeness (QED) is 0.667. The number of nitrogens with one attached hydrogen (secondary N) is 1. The minimum Gasteiger partial charge on any atom is -0.381 e. The van der Waals surface area contributed by atoms with Gasteiger partial charge < -0.3 is 10.1 Å². The van der Waals surface area contributed by atoms with Crippen molar-refractivity contribution in [3.63, 3.8) is 0 Å². The molecule has 1 N–H and O–H groups in total. The number of ether oxygens (including phenoxy) is 1. The lowest BCUT2D eigenvalue weighted by Crippen LogP contribution is -2.28. The minimum atomic E-state index is -4.75. The van der Waals surface area contributed by atoms with E-state index in [1.807, 2.05) is 13.8 Å². The normalized spacial score (nSPS) is 11.8. The molecule has 0 bridgehead atoms. The van der Waals surface area contributed by atoms with E-state index in [2.05, 4.69) is 10.4 Å². The Morgan fingerprint density at radius 1 is 1.30 bits per heavy atom. The standard InChI is InChI=1S/C18H21ClF3N3O2/c1-12(2)11-27-9-3-8-23-17(26)15-10-24-25(16(15)18(20,21)22)14-6-4-13(19)5-7-14/h4-7,10,12H,3,8-9,11H2,1-2H3,(H,23,26). The van der Waals surface area contributed by atoms with Gasteiger partial charge >= 0.3 is 6.18 Å². The topological polar surface area (TPSA) is 56.1 Å². The lowest BCUT2D eigenvalue weighted by Gasteiger charge is -2.13. The number of benzene rings is 1. The van der Waals surface area contributed by atoms with Crippen molar-refractivity contribution in [2.75, 3.05) is 19.8 Å². The molecule has 0 unspecified atom stereocenters. The second-order valence-corrected chi connectivity index (χ2v) is 6.81. The number of carbonyl (C=O) groups excluding carboxylic acids is 1. The second kappa shape index (κ2) is 9.23. The summed E-state index contributed by atoms with van der Waals surface area (Å²) in [5.41, 5.74) is -1.49. The number of halogens is 4. The van der Waals surface area contributed by atoms with Crippen LogP contribution in [0.3, 0.4) is 0 Å². The van der Waals surface area contributed by atoms with Crippen molar-refractivity contribution in [1.82, 2.24) is 15.1 Å². The van der Waals surface area contributed by atoms with Gasteiger partial charge in [-0.15, -0.1) is 0 Å². The van der Waals surface area contributed by atoms with Crippen LogP contribution in [0.25, 0.3) is 5.69 Å². The molecule has 0 saturated carbocycles. The van der Waals surface area contributed by atoms with Gasteiger partial charge in [0, 0.05) is 24.8 Å². The summed E-state index contributed by atoms with van der Waals surface area (Å²) in [6, 6.07) is 5.71. The van der Waals surface area contributed by atoms with E-state index in [9.17, 15) is 18.0 Å². The van der Waals surface area contributed by atoms with Gasteiger partial charge in [-0.05, 0) is 36.6 Å². The van der Waals surface area contributed by atoms with Gasteiger partial charge in [0.05, 0.1) is 17.4 Å². The van der Waals surface area contributed by atoms with E-state index >= 15 is 0 Å². The maximum Gasteiger partial charge on any atom is 0.434 e. The monoisotopic (exact) mass is 403 g/mol. The Bertz CT molecular complexity index is 758. The molecule has 5 nitrogen and oxygen atoms in total. The predicted octanol–water partition coefficient (Wildman–Crippen LogP) is 4.34. The van der Waals surface area contributed by atoms with Crippen LogP contribution in [-0.2, 0) is 10.9 Å². The van der Waals surface area contributed by atoms with Crippen molar-refractivity contribution in [3.05, 3.63) is 46.7 Å². The number of hydrogen-bond acceptors (Lipinski definition) is 3. The van der Waals surface area contributed by atoms with E-state index in [4.69, 9.17) is 16.3 Å². The Morgan fingerprint density at radius 3 is 2.56 bits per heavy atom. The molecular formula is C18H21ClF3N3O2. The van der Waals surface area contributed by atoms with Crippen LogP contribution in [-0.4, -0.2) is 35.4 Å². The van der Waals surface area contributed by atoms with Gasteiger partial charge in [-0.2, -0.15) is 18.3 Å². The van der Waals surface area contributed by atoms with Crippen molar-refractivity contribution >= 4 is 17.5 Å². The van der Waals surface area contributed by atoms with E-state index in [1.54, 1.807) is 0 Å². The zero-order valence-electron chi connectivity index (χ0n) is 15.0. The van der Waals surface area contributed by atoms with Crippen LogP contribution >= 0.6 is 11.6 Å². The molecule has 0 saturated heterocycles. The van der Waals surface area contributed by atoms with E-state index < -0.39 is 23.3 Å². The van der Waals surface area contributed by atoms with Gasteiger partial charge in [0.25, 0.3) is 5.91 Å². The van der Waals surface area contributed by atoms with Crippen molar-refractivity contribution in [2.45, 2.75) is 26.4 Å². The van der Waals surface area contributed by atoms with Crippen LogP contribution in [0.4, 0.5) is 13.2 Å². The summed E-state index contributed by atoms with van der Waals surface area (Å²) < 4.78 is 46.7. The average molecular weight is 404 g/mol. The maximum atomic E-state index is 13.5. The highest BCUT2D eigenvalue weighted by Crippen LogP contribution is 2.33. The van der Waals surface area contributed by atoms with Crippen LogP contribution in [0, 0.1) is 5.92 Å². The van der Waals surface area contributed by atoms with Gasteiger partial charge in [-0.25, -0.2) is 4.68 Å². The Hall–Kier alpha value is -2.06. The molecule has 2 rings (SSSR count). The number of nitrogens with zero attached hydrogens (tertiary/aromatic N) is 2. The SMILES string of the molecule is CC(C)COCCCNC(=O)c1cnn(-c2ccc(Cl)cc2)c1C(F)(F)F. The van der Waals surface area contributed by atoms with Crippen LogP contribution < -0.4 is 5.32 Å². The van der Waals surface area contributed by atoms with E-state index in [0.29, 0.717) is 35.3 Å². The fourth-order valence-corrected chi connectivity index (χ4v) is 2.48. The first kappa shape index (κ1) is 21.2. The summed E-state index contributed by atoms with van der Waals surface area (Å²) in [7, 11) is 0. The van der Waals surface area contributed by atoms with Gasteiger partial charge in [-0.1, -0.05) is 25.4 Å². The molecule has 0 spiro atoms. The molecule has 0 radical (unpaired) electrons. The largest absolute Gasteiger partial charge is 0.434 e. The third-order valence-electron chi connectivity index (χ3n) is 3.56. The van der Waals surface area contributed by atoms with Crippen molar-refractivity contribution in [3.8, 4) is 5.69 Å². The van der Waals surface area contributed by atoms with E-state index in [-0.39, 0.29) is 12.2 Å². The molecule has 0 aliphatic rings. The fraction of sp³-hybridized carbons (Fsp3) is 0.444. The summed E-state index contributed by atoms with van der Waals surface area (Å²) in [5.74, 6) is -0.431. The maximum absolute atomic E-state index is 13.5. The number of carbonyl (C=O) groups is 1. The predicted molar refractivity (Wildman–Crippen MR) is 96.2 cm³/mol. The minimum absolute atomic E-state index is 0.160. The number of aromatic nitrogens is 2. The zero-order chi connectivity index (χ0) is 20.0. The molecule has 0 atom stereocenters. The van der Waals surface area contributed by atoms with Gasteiger partial charge in [0.1, 0.15) is 0 Å². The number of rotatable bonds is 8. The number of hydrogen-bond donors (Lipinski definition) is 1. The molecule has 1 heterocycles. The third-order valence-corrected chi connectivity index (χ3v) is 3.81. The van der Waals surface area contributed by atoms with Gasteiger partial charge in [0.15, 0.2) is 5.69 Å². The molecule has 27 heavy (non-hydrogen) atoms. The zero-order valence-corrected chi connectivity index (χ0v) is 15.8. The van der Waals surface area contributed by atoms with Crippen LogP contribution in [0.5, 0.6) is 0 Å². The summed E-state index contributed by atoms with van der Waals surface area (Å²) in [4.78, 5) is 12.2. The molecule has 148 valence electrons. The third kappa shape index (κ3) is 5.97. The molecular weight excluding hydrogens is 383 g/mol. The summed E-state index contributed by atoms with van der Waals surface area (Å²) in [5, 5.41) is 6.62. The first-order valence-electron chi connectivity index (χ1n) is 8.47. The second-order valence-electron chi connectivity index (χ2n) is 6.37. The van der Waals surface area contributed by atoms with Crippen LogP contribution in [0.2, 0.25) is 5.02 Å². The van der Waals surface area contributed by atoms with Gasteiger partial charge in [-0.3, -0.25) is 4.79 Å². The summed E-state index contributed by atoms with van der Waals surface area (Å²) in [6.07, 6.45) is -3.32. The smallest absolute Gasteiger partial charge is 0.381 e. The highest BCUT2D eigenvalue weighted by Gasteiger charge is 2.40. The molecule has 9 heteroatoms. The molecule has 1 aromatic heterocycles. The van der Waals surface area contributed by atoms with E-state index in [1.165, 1.54) is 24.3 Å². The van der Waals surface area contributed by atoms with Gasteiger partial charge in [0.2, 0.25) is 0 Å². The number of alkyl halides is 3. The average Bonchev–Trinajstić information content (AvgIpc) is 3.03.